The van der Waals surface area contributed by atoms with Crippen molar-refractivity contribution in [2.75, 3.05) is 31.6 Å². The minimum Gasteiger partial charge on any atom is -0.370 e. The van der Waals surface area contributed by atoms with Crippen LogP contribution in [0.1, 0.15) is 22.4 Å². The zero-order valence-corrected chi connectivity index (χ0v) is 13.9. The van der Waals surface area contributed by atoms with Gasteiger partial charge in [-0.3, -0.25) is 0 Å². The van der Waals surface area contributed by atoms with Gasteiger partial charge in [-0.25, -0.2) is 0 Å². The second-order valence-electron chi connectivity index (χ2n) is 5.79. The number of benzene rings is 1. The highest BCUT2D eigenvalue weighted by Gasteiger charge is 2.17. The van der Waals surface area contributed by atoms with E-state index < -0.39 is 0 Å². The number of anilines is 1. The van der Waals surface area contributed by atoms with Crippen LogP contribution in [0.5, 0.6) is 0 Å². The monoisotopic (exact) mass is 313 g/mol. The third kappa shape index (κ3) is 3.39. The molecule has 116 valence electrons. The van der Waals surface area contributed by atoms with E-state index in [0.29, 0.717) is 0 Å². The summed E-state index contributed by atoms with van der Waals surface area (Å²) in [5.74, 6) is 0. The standard InChI is InChI=1S/C18H23N3S/c1-20-8-10-21-9-2-4-15-12-14(6-7-17(15)21)13-16(19)18-5-3-11-22-18/h3,5-7,11-12,19-20H,2,4,8-10,13H2,1H3. The minimum absolute atomic E-state index is 0.720. The molecule has 0 unspecified atom stereocenters. The summed E-state index contributed by atoms with van der Waals surface area (Å²) >= 11 is 1.65. The molecule has 1 aliphatic heterocycles. The van der Waals surface area contributed by atoms with Crippen molar-refractivity contribution >= 4 is 22.7 Å². The van der Waals surface area contributed by atoms with Gasteiger partial charge in [0.1, 0.15) is 0 Å². The maximum Gasteiger partial charge on any atom is 0.0529 e. The van der Waals surface area contributed by atoms with Crippen molar-refractivity contribution in [3.05, 3.63) is 51.7 Å². The molecule has 0 saturated carbocycles. The summed E-state index contributed by atoms with van der Waals surface area (Å²) in [5.41, 5.74) is 4.80. The lowest BCUT2D eigenvalue weighted by atomic mass is 9.97. The van der Waals surface area contributed by atoms with Gasteiger partial charge < -0.3 is 15.6 Å². The van der Waals surface area contributed by atoms with E-state index in [9.17, 15) is 0 Å². The molecule has 2 N–H and O–H groups in total. The van der Waals surface area contributed by atoms with Crippen LogP contribution in [0.4, 0.5) is 5.69 Å². The molecule has 1 aliphatic rings. The molecule has 1 aromatic carbocycles. The maximum absolute atomic E-state index is 8.25. The van der Waals surface area contributed by atoms with Crippen molar-refractivity contribution in [2.24, 2.45) is 0 Å². The molecular formula is C18H23N3S. The number of hydrogen-bond acceptors (Lipinski definition) is 4. The number of likely N-dealkylation sites (N-methyl/N-ethyl adjacent to an activating group) is 1. The van der Waals surface area contributed by atoms with Gasteiger partial charge in [0.15, 0.2) is 0 Å². The van der Waals surface area contributed by atoms with Crippen molar-refractivity contribution < 1.29 is 0 Å². The van der Waals surface area contributed by atoms with Gasteiger partial charge in [0, 0.05) is 36.6 Å². The van der Waals surface area contributed by atoms with Crippen molar-refractivity contribution in [3.63, 3.8) is 0 Å². The predicted octanol–water partition coefficient (Wildman–Crippen LogP) is 3.33. The molecule has 0 bridgehead atoms. The largest absolute Gasteiger partial charge is 0.370 e. The highest BCUT2D eigenvalue weighted by Crippen LogP contribution is 2.28. The summed E-state index contributed by atoms with van der Waals surface area (Å²) in [4.78, 5) is 3.55. The average molecular weight is 313 g/mol. The molecule has 0 saturated heterocycles. The Hall–Kier alpha value is -1.65. The SMILES string of the molecule is CNCCN1CCCc2cc(CC(=N)c3cccs3)ccc21. The number of nitrogens with one attached hydrogen (secondary N) is 2. The zero-order valence-electron chi connectivity index (χ0n) is 13.1. The molecule has 0 radical (unpaired) electrons. The fraction of sp³-hybridized carbons (Fsp3) is 0.389. The summed E-state index contributed by atoms with van der Waals surface area (Å²) in [6.07, 6.45) is 3.11. The summed E-state index contributed by atoms with van der Waals surface area (Å²) in [6.45, 7) is 3.23. The number of nitrogens with zero attached hydrogens (tertiary/aromatic N) is 1. The van der Waals surface area contributed by atoms with Crippen LogP contribution in [-0.2, 0) is 12.8 Å². The first-order chi connectivity index (χ1) is 10.8. The first-order valence-corrected chi connectivity index (χ1v) is 8.78. The van der Waals surface area contributed by atoms with E-state index in [2.05, 4.69) is 28.4 Å². The Bertz CT molecular complexity index is 634. The molecule has 22 heavy (non-hydrogen) atoms. The smallest absolute Gasteiger partial charge is 0.0529 e. The molecule has 0 atom stereocenters. The van der Waals surface area contributed by atoms with Gasteiger partial charge in [0.2, 0.25) is 0 Å². The Morgan fingerprint density at radius 1 is 1.36 bits per heavy atom. The summed E-state index contributed by atoms with van der Waals surface area (Å²) in [5, 5.41) is 13.5. The fourth-order valence-electron chi connectivity index (χ4n) is 3.06. The van der Waals surface area contributed by atoms with Crippen LogP contribution in [0.2, 0.25) is 0 Å². The summed E-state index contributed by atoms with van der Waals surface area (Å²) < 4.78 is 0. The molecule has 2 heterocycles. The highest BCUT2D eigenvalue weighted by atomic mass is 32.1. The molecule has 2 aromatic rings. The molecule has 0 aliphatic carbocycles. The van der Waals surface area contributed by atoms with Gasteiger partial charge in [-0.1, -0.05) is 18.2 Å². The Morgan fingerprint density at radius 3 is 3.05 bits per heavy atom. The van der Waals surface area contributed by atoms with Crippen LogP contribution < -0.4 is 10.2 Å². The molecule has 3 rings (SSSR count). The van der Waals surface area contributed by atoms with Gasteiger partial charge in [-0.2, -0.15) is 0 Å². The third-order valence-corrected chi connectivity index (χ3v) is 5.12. The van der Waals surface area contributed by atoms with Gasteiger partial charge in [0.25, 0.3) is 0 Å². The number of rotatable bonds is 6. The first-order valence-electron chi connectivity index (χ1n) is 7.90. The molecule has 1 aromatic heterocycles. The Labute approximate surface area is 136 Å². The van der Waals surface area contributed by atoms with Crippen molar-refractivity contribution in [2.45, 2.75) is 19.3 Å². The quantitative estimate of drug-likeness (QED) is 0.803. The second kappa shape index (κ2) is 7.07. The van der Waals surface area contributed by atoms with Crippen LogP contribution in [0.3, 0.4) is 0 Å². The van der Waals surface area contributed by atoms with Gasteiger partial charge in [-0.15, -0.1) is 11.3 Å². The number of thiophene rings is 1. The van der Waals surface area contributed by atoms with E-state index >= 15 is 0 Å². The van der Waals surface area contributed by atoms with E-state index in [4.69, 9.17) is 5.41 Å². The average Bonchev–Trinajstić information content (AvgIpc) is 3.07. The lowest BCUT2D eigenvalue weighted by Crippen LogP contribution is -2.34. The van der Waals surface area contributed by atoms with Crippen LogP contribution >= 0.6 is 11.3 Å². The van der Waals surface area contributed by atoms with E-state index in [0.717, 1.165) is 43.1 Å². The Balaban J connectivity index is 1.74. The maximum atomic E-state index is 8.25. The lowest BCUT2D eigenvalue weighted by molar-refractivity contribution is 0.664. The molecule has 3 nitrogen and oxygen atoms in total. The molecular weight excluding hydrogens is 290 g/mol. The topological polar surface area (TPSA) is 39.1 Å². The molecule has 0 fully saturated rings. The Morgan fingerprint density at radius 2 is 2.27 bits per heavy atom. The third-order valence-electron chi connectivity index (χ3n) is 4.19. The predicted molar refractivity (Wildman–Crippen MR) is 95.8 cm³/mol. The van der Waals surface area contributed by atoms with Crippen molar-refractivity contribution in [1.29, 1.82) is 5.41 Å². The molecule has 4 heteroatoms. The molecule has 0 spiro atoms. The zero-order chi connectivity index (χ0) is 15.4. The van der Waals surface area contributed by atoms with E-state index in [-0.39, 0.29) is 0 Å². The van der Waals surface area contributed by atoms with Crippen LogP contribution in [0.25, 0.3) is 0 Å². The highest BCUT2D eigenvalue weighted by molar-refractivity contribution is 7.12. The minimum atomic E-state index is 0.720. The summed E-state index contributed by atoms with van der Waals surface area (Å²) in [6, 6.07) is 10.8. The molecule has 0 amide bonds. The second-order valence-corrected chi connectivity index (χ2v) is 6.74. The number of aryl methyl sites for hydroxylation is 1. The first kappa shape index (κ1) is 15.3. The lowest BCUT2D eigenvalue weighted by Gasteiger charge is -2.31. The van der Waals surface area contributed by atoms with E-state index in [1.165, 1.54) is 23.2 Å². The normalized spacial score (nSPS) is 14.0. The van der Waals surface area contributed by atoms with Gasteiger partial charge >= 0.3 is 0 Å². The van der Waals surface area contributed by atoms with Gasteiger partial charge in [-0.05, 0) is 48.5 Å². The van der Waals surface area contributed by atoms with Crippen molar-refractivity contribution in [3.8, 4) is 0 Å². The van der Waals surface area contributed by atoms with Crippen LogP contribution in [0.15, 0.2) is 35.7 Å². The number of hydrogen-bond donors (Lipinski definition) is 2. The van der Waals surface area contributed by atoms with Gasteiger partial charge in [0.05, 0.1) is 5.71 Å². The van der Waals surface area contributed by atoms with Crippen LogP contribution in [-0.4, -0.2) is 32.4 Å². The van der Waals surface area contributed by atoms with E-state index in [1.807, 2.05) is 24.6 Å². The Kier molecular flexibility index (Phi) is 4.90. The van der Waals surface area contributed by atoms with E-state index in [1.54, 1.807) is 11.3 Å². The number of fused-ring (bicyclic) bond motifs is 1. The van der Waals surface area contributed by atoms with Crippen LogP contribution in [0, 0.1) is 5.41 Å². The fourth-order valence-corrected chi connectivity index (χ4v) is 3.73. The summed E-state index contributed by atoms with van der Waals surface area (Å²) in [7, 11) is 2.00. The van der Waals surface area contributed by atoms with Crippen molar-refractivity contribution in [1.82, 2.24) is 5.32 Å².